The Kier molecular flexibility index (Phi) is 10.9. The predicted molar refractivity (Wildman–Crippen MR) is 310 cm³/mol. The maximum atomic E-state index is 4.46. The van der Waals surface area contributed by atoms with E-state index < -0.39 is 0 Å². The summed E-state index contributed by atoms with van der Waals surface area (Å²) in [7, 11) is 0. The lowest BCUT2D eigenvalue weighted by Crippen LogP contribution is -2.18. The molecule has 0 saturated heterocycles. The molecular formula is C69H58N6. The number of benzene rings is 5. The van der Waals surface area contributed by atoms with Gasteiger partial charge < -0.3 is 9.80 Å². The van der Waals surface area contributed by atoms with Crippen molar-refractivity contribution in [1.29, 1.82) is 0 Å². The van der Waals surface area contributed by atoms with Crippen LogP contribution in [0.5, 0.6) is 0 Å². The fourth-order valence-electron chi connectivity index (χ4n) is 12.5. The first kappa shape index (κ1) is 46.1. The van der Waals surface area contributed by atoms with Crippen molar-refractivity contribution >= 4 is 57.9 Å². The van der Waals surface area contributed by atoms with Gasteiger partial charge in [0, 0.05) is 76.2 Å². The largest absolute Gasteiger partial charge is 0.309 e. The molecule has 0 saturated carbocycles. The molecule has 364 valence electrons. The first-order valence-corrected chi connectivity index (χ1v) is 26.2. The van der Waals surface area contributed by atoms with Crippen LogP contribution in [0.4, 0.5) is 34.1 Å². The highest BCUT2D eigenvalue weighted by atomic mass is 15.2. The molecule has 9 aromatic rings. The van der Waals surface area contributed by atoms with Crippen LogP contribution in [0.1, 0.15) is 98.0 Å². The molecule has 4 aliphatic carbocycles. The number of rotatable bonds is 10. The highest BCUT2D eigenvalue weighted by Crippen LogP contribution is 2.55. The van der Waals surface area contributed by atoms with Crippen molar-refractivity contribution in [2.45, 2.75) is 64.2 Å². The van der Waals surface area contributed by atoms with Crippen molar-refractivity contribution in [2.24, 2.45) is 5.92 Å². The monoisotopic (exact) mass is 970 g/mol. The second kappa shape index (κ2) is 17.7. The van der Waals surface area contributed by atoms with E-state index in [0.717, 1.165) is 40.5 Å². The molecule has 4 heterocycles. The molecule has 0 bridgehead atoms. The van der Waals surface area contributed by atoms with Crippen LogP contribution in [-0.4, -0.2) is 19.9 Å². The van der Waals surface area contributed by atoms with Crippen LogP contribution in [0.25, 0.3) is 46.1 Å². The molecule has 0 radical (unpaired) electrons. The van der Waals surface area contributed by atoms with E-state index in [-0.39, 0.29) is 16.2 Å². The zero-order chi connectivity index (χ0) is 51.1. The molecule has 4 aliphatic rings. The SMILES string of the molecule is CC1(C)C2=CC(/C=C/c3ccc4c(c3)C(C)(C)c3cc(/C=C/c5ccc6c(c5)C(C)(C)c5cc(N(c7ccncc7)c7cccnc7)ccc5-6)ccc3-4)CC=C2c2ccc(N(c3ccncc3)c3cccnc3)cc21. The standard InChI is InChI=1S/C69H58N6/c1-67(2)61-37-45(11-13-47-17-23-57-59-25-19-51(41-65(59)68(3,4)63(57)39-47)74(49-27-33-70-34-28-49)53-9-7-31-72-43-53)15-21-55(61)56-22-16-46(38-62(56)67)12-14-48-18-24-58-60-26-20-52(42-66(60)69(5,6)64(58)40-48)75(50-29-35-71-36-30-50)54-10-8-32-73-44-54/h7-17,19-44,48H,18H2,1-6H3/b13-11+,14-12+. The molecule has 0 N–H and O–H groups in total. The van der Waals surface area contributed by atoms with E-state index in [1.54, 1.807) is 0 Å². The molecule has 0 spiro atoms. The molecule has 0 amide bonds. The fourth-order valence-corrected chi connectivity index (χ4v) is 12.5. The Morgan fingerprint density at radius 1 is 0.400 bits per heavy atom. The van der Waals surface area contributed by atoms with E-state index in [2.05, 4.69) is 223 Å². The average Bonchev–Trinajstić information content (AvgIpc) is 4.08. The van der Waals surface area contributed by atoms with Crippen molar-refractivity contribution in [3.05, 3.63) is 263 Å². The van der Waals surface area contributed by atoms with Gasteiger partial charge in [0.25, 0.3) is 0 Å². The Bertz CT molecular complexity index is 3750. The number of anilines is 6. The summed E-state index contributed by atoms with van der Waals surface area (Å²) in [6, 6.07) is 51.3. The van der Waals surface area contributed by atoms with E-state index in [1.165, 1.54) is 83.5 Å². The van der Waals surface area contributed by atoms with Crippen molar-refractivity contribution in [2.75, 3.05) is 9.80 Å². The number of hydrogen-bond donors (Lipinski definition) is 0. The number of pyridine rings is 4. The smallest absolute Gasteiger partial charge is 0.0644 e. The summed E-state index contributed by atoms with van der Waals surface area (Å²) in [6.45, 7) is 14.2. The molecule has 75 heavy (non-hydrogen) atoms. The van der Waals surface area contributed by atoms with E-state index in [1.807, 2.05) is 73.8 Å². The van der Waals surface area contributed by atoms with Gasteiger partial charge in [0.2, 0.25) is 0 Å². The summed E-state index contributed by atoms with van der Waals surface area (Å²) in [5, 5.41) is 0. The van der Waals surface area contributed by atoms with E-state index >= 15 is 0 Å². The molecule has 1 unspecified atom stereocenters. The first-order chi connectivity index (χ1) is 36.4. The van der Waals surface area contributed by atoms with Gasteiger partial charge >= 0.3 is 0 Å². The van der Waals surface area contributed by atoms with Gasteiger partial charge in [-0.1, -0.05) is 145 Å². The Morgan fingerprint density at radius 2 is 0.827 bits per heavy atom. The Morgan fingerprint density at radius 3 is 1.29 bits per heavy atom. The Balaban J connectivity index is 0.723. The van der Waals surface area contributed by atoms with Crippen LogP contribution in [0.3, 0.4) is 0 Å². The number of fused-ring (bicyclic) bond motifs is 9. The van der Waals surface area contributed by atoms with E-state index in [9.17, 15) is 0 Å². The predicted octanol–water partition coefficient (Wildman–Crippen LogP) is 17.3. The van der Waals surface area contributed by atoms with Crippen LogP contribution in [0.2, 0.25) is 0 Å². The normalized spacial score (nSPS) is 16.9. The van der Waals surface area contributed by atoms with Gasteiger partial charge in [-0.25, -0.2) is 0 Å². The number of allylic oxidation sites excluding steroid dienone is 5. The second-order valence-corrected chi connectivity index (χ2v) is 22.0. The third-order valence-electron chi connectivity index (χ3n) is 16.5. The lowest BCUT2D eigenvalue weighted by Gasteiger charge is -2.28. The van der Waals surface area contributed by atoms with Gasteiger partial charge in [0.15, 0.2) is 0 Å². The third kappa shape index (κ3) is 7.78. The summed E-state index contributed by atoms with van der Waals surface area (Å²) in [6.07, 6.45) is 30.1. The van der Waals surface area contributed by atoms with Gasteiger partial charge in [-0.15, -0.1) is 0 Å². The highest BCUT2D eigenvalue weighted by molar-refractivity contribution is 5.93. The van der Waals surface area contributed by atoms with Gasteiger partial charge in [-0.05, 0) is 169 Å². The summed E-state index contributed by atoms with van der Waals surface area (Å²) in [5.74, 6) is 0.306. The molecule has 1 atom stereocenters. The molecule has 5 aromatic carbocycles. The summed E-state index contributed by atoms with van der Waals surface area (Å²) in [5.41, 5.74) is 25.6. The zero-order valence-corrected chi connectivity index (χ0v) is 43.3. The van der Waals surface area contributed by atoms with Gasteiger partial charge in [0.1, 0.15) is 0 Å². The number of aromatic nitrogens is 4. The number of hydrogen-bond acceptors (Lipinski definition) is 6. The second-order valence-electron chi connectivity index (χ2n) is 22.0. The van der Waals surface area contributed by atoms with Gasteiger partial charge in [-0.2, -0.15) is 0 Å². The highest BCUT2D eigenvalue weighted by Gasteiger charge is 2.41. The zero-order valence-electron chi connectivity index (χ0n) is 43.3. The maximum Gasteiger partial charge on any atom is 0.0644 e. The lowest BCUT2D eigenvalue weighted by molar-refractivity contribution is 0.645. The molecule has 6 nitrogen and oxygen atoms in total. The van der Waals surface area contributed by atoms with Crippen molar-refractivity contribution in [3.63, 3.8) is 0 Å². The molecular weight excluding hydrogens is 913 g/mol. The van der Waals surface area contributed by atoms with Crippen LogP contribution in [0.15, 0.2) is 213 Å². The summed E-state index contributed by atoms with van der Waals surface area (Å²) >= 11 is 0. The topological polar surface area (TPSA) is 58.0 Å². The Hall–Kier alpha value is -8.74. The fraction of sp³-hybridized carbons (Fsp3) is 0.159. The third-order valence-corrected chi connectivity index (χ3v) is 16.5. The van der Waals surface area contributed by atoms with Crippen LogP contribution >= 0.6 is 0 Å². The quantitative estimate of drug-likeness (QED) is 0.127. The minimum Gasteiger partial charge on any atom is -0.309 e. The van der Waals surface area contributed by atoms with E-state index in [4.69, 9.17) is 0 Å². The minimum absolute atomic E-state index is 0.141. The molecule has 4 aromatic heterocycles. The first-order valence-electron chi connectivity index (χ1n) is 26.2. The number of nitrogens with zero attached hydrogens (tertiary/aromatic N) is 6. The van der Waals surface area contributed by atoms with E-state index in [0.29, 0.717) is 5.92 Å². The average molecular weight is 971 g/mol. The molecule has 6 heteroatoms. The molecule has 0 fully saturated rings. The summed E-state index contributed by atoms with van der Waals surface area (Å²) < 4.78 is 0. The molecule has 13 rings (SSSR count). The van der Waals surface area contributed by atoms with Gasteiger partial charge in [0.05, 0.1) is 23.8 Å². The maximum absolute atomic E-state index is 4.46. The van der Waals surface area contributed by atoms with Crippen LogP contribution < -0.4 is 9.80 Å². The van der Waals surface area contributed by atoms with Crippen molar-refractivity contribution < 1.29 is 0 Å². The molecule has 0 aliphatic heterocycles. The Labute approximate surface area is 440 Å². The lowest BCUT2D eigenvalue weighted by atomic mass is 9.78. The van der Waals surface area contributed by atoms with Crippen molar-refractivity contribution in [1.82, 2.24) is 19.9 Å². The van der Waals surface area contributed by atoms with Crippen molar-refractivity contribution in [3.8, 4) is 22.3 Å². The minimum atomic E-state index is -0.188. The summed E-state index contributed by atoms with van der Waals surface area (Å²) in [4.78, 5) is 22.0. The van der Waals surface area contributed by atoms with Gasteiger partial charge in [-0.3, -0.25) is 19.9 Å². The van der Waals surface area contributed by atoms with Crippen LogP contribution in [0, 0.1) is 5.92 Å². The van der Waals surface area contributed by atoms with Crippen LogP contribution in [-0.2, 0) is 16.2 Å².